The summed E-state index contributed by atoms with van der Waals surface area (Å²) < 4.78 is 10.4. The summed E-state index contributed by atoms with van der Waals surface area (Å²) in [6.07, 6.45) is 1.48. The van der Waals surface area contributed by atoms with Crippen LogP contribution in [0.2, 0.25) is 5.02 Å². The largest absolute Gasteiger partial charge is 0.495 e. The molecule has 2 aromatic rings. The van der Waals surface area contributed by atoms with Gasteiger partial charge in [0.25, 0.3) is 0 Å². The molecule has 0 atom stereocenters. The quantitative estimate of drug-likeness (QED) is 0.856. The van der Waals surface area contributed by atoms with Gasteiger partial charge in [0.15, 0.2) is 0 Å². The number of nitrogen functional groups attached to an aromatic ring is 2. The van der Waals surface area contributed by atoms with Crippen LogP contribution in [0.1, 0.15) is 0 Å². The Bertz CT molecular complexity index is 587. The number of hydrogen-bond acceptors (Lipinski definition) is 5. The highest BCUT2D eigenvalue weighted by Crippen LogP contribution is 2.42. The van der Waals surface area contributed by atoms with Gasteiger partial charge < -0.3 is 20.9 Å². The Labute approximate surface area is 103 Å². The minimum absolute atomic E-state index is 0.370. The minimum atomic E-state index is 0.370. The topological polar surface area (TPSA) is 83.4 Å². The van der Waals surface area contributed by atoms with Crippen molar-refractivity contribution in [2.75, 3.05) is 25.7 Å². The number of nitrogens with two attached hydrogens (primary N) is 2. The zero-order chi connectivity index (χ0) is 12.6. The molecule has 0 saturated heterocycles. The van der Waals surface area contributed by atoms with E-state index in [0.717, 1.165) is 0 Å². The van der Waals surface area contributed by atoms with E-state index in [-0.39, 0.29) is 0 Å². The molecule has 2 rings (SSSR count). The molecule has 6 heteroatoms. The smallest absolute Gasteiger partial charge is 0.148 e. The van der Waals surface area contributed by atoms with Crippen molar-refractivity contribution in [3.8, 4) is 11.5 Å². The molecule has 0 unspecified atom stereocenters. The van der Waals surface area contributed by atoms with Crippen molar-refractivity contribution in [3.63, 3.8) is 0 Å². The maximum absolute atomic E-state index is 6.19. The number of ether oxygens (including phenoxy) is 2. The second kappa shape index (κ2) is 4.18. The first kappa shape index (κ1) is 11.6. The number of hydrogen-bond donors (Lipinski definition) is 2. The minimum Gasteiger partial charge on any atom is -0.495 e. The van der Waals surface area contributed by atoms with E-state index in [2.05, 4.69) is 4.98 Å². The number of rotatable bonds is 2. The molecule has 90 valence electrons. The lowest BCUT2D eigenvalue weighted by Gasteiger charge is -2.13. The van der Waals surface area contributed by atoms with Gasteiger partial charge in [0.05, 0.1) is 42.2 Å². The van der Waals surface area contributed by atoms with Gasteiger partial charge in [-0.15, -0.1) is 0 Å². The van der Waals surface area contributed by atoms with Gasteiger partial charge in [0, 0.05) is 6.07 Å². The van der Waals surface area contributed by atoms with Crippen LogP contribution in [-0.4, -0.2) is 19.2 Å². The lowest BCUT2D eigenvalue weighted by molar-refractivity contribution is 0.397. The second-order valence-electron chi connectivity index (χ2n) is 3.45. The van der Waals surface area contributed by atoms with Gasteiger partial charge in [-0.25, -0.2) is 4.98 Å². The van der Waals surface area contributed by atoms with E-state index in [1.54, 1.807) is 6.07 Å². The molecule has 0 aliphatic heterocycles. The fourth-order valence-corrected chi connectivity index (χ4v) is 1.95. The van der Waals surface area contributed by atoms with Crippen LogP contribution in [0, 0.1) is 0 Å². The highest BCUT2D eigenvalue weighted by molar-refractivity contribution is 6.38. The fourth-order valence-electron chi connectivity index (χ4n) is 1.63. The van der Waals surface area contributed by atoms with E-state index in [0.29, 0.717) is 38.8 Å². The van der Waals surface area contributed by atoms with Crippen molar-refractivity contribution in [1.82, 2.24) is 4.98 Å². The van der Waals surface area contributed by atoms with Gasteiger partial charge in [0.1, 0.15) is 17.0 Å². The SMILES string of the molecule is COc1cc(OC)c2ncc(N)c(N)c2c1Cl. The molecule has 1 aromatic heterocycles. The van der Waals surface area contributed by atoms with Gasteiger partial charge in [-0.2, -0.15) is 0 Å². The number of fused-ring (bicyclic) bond motifs is 1. The Morgan fingerprint density at radius 1 is 1.18 bits per heavy atom. The number of pyridine rings is 1. The zero-order valence-corrected chi connectivity index (χ0v) is 10.2. The number of benzene rings is 1. The predicted molar refractivity (Wildman–Crippen MR) is 68.7 cm³/mol. The number of methoxy groups -OCH3 is 2. The van der Waals surface area contributed by atoms with Crippen LogP contribution in [0.15, 0.2) is 12.3 Å². The van der Waals surface area contributed by atoms with Gasteiger partial charge in [-0.1, -0.05) is 11.6 Å². The molecule has 0 fully saturated rings. The predicted octanol–water partition coefficient (Wildman–Crippen LogP) is 2.07. The van der Waals surface area contributed by atoms with Crippen molar-refractivity contribution in [2.45, 2.75) is 0 Å². The average molecular weight is 254 g/mol. The van der Waals surface area contributed by atoms with Crippen molar-refractivity contribution < 1.29 is 9.47 Å². The number of anilines is 2. The summed E-state index contributed by atoms with van der Waals surface area (Å²) in [4.78, 5) is 4.18. The highest BCUT2D eigenvalue weighted by atomic mass is 35.5. The number of aromatic nitrogens is 1. The molecule has 0 radical (unpaired) electrons. The maximum atomic E-state index is 6.19. The Hall–Kier alpha value is -1.88. The monoisotopic (exact) mass is 253 g/mol. The van der Waals surface area contributed by atoms with Gasteiger partial charge >= 0.3 is 0 Å². The second-order valence-corrected chi connectivity index (χ2v) is 3.82. The summed E-state index contributed by atoms with van der Waals surface area (Å²) in [6, 6.07) is 1.66. The first-order chi connectivity index (χ1) is 8.10. The third kappa shape index (κ3) is 1.68. The first-order valence-corrected chi connectivity index (χ1v) is 5.22. The van der Waals surface area contributed by atoms with Crippen LogP contribution >= 0.6 is 11.6 Å². The Morgan fingerprint density at radius 2 is 1.82 bits per heavy atom. The van der Waals surface area contributed by atoms with E-state index >= 15 is 0 Å². The highest BCUT2D eigenvalue weighted by Gasteiger charge is 2.16. The molecular formula is C11H12ClN3O2. The van der Waals surface area contributed by atoms with Crippen molar-refractivity contribution in [1.29, 1.82) is 0 Å². The van der Waals surface area contributed by atoms with Crippen molar-refractivity contribution in [3.05, 3.63) is 17.3 Å². The first-order valence-electron chi connectivity index (χ1n) is 4.84. The summed E-state index contributed by atoms with van der Waals surface area (Å²) in [7, 11) is 3.05. The van der Waals surface area contributed by atoms with Crippen molar-refractivity contribution in [2.24, 2.45) is 0 Å². The van der Waals surface area contributed by atoms with E-state index in [9.17, 15) is 0 Å². The lowest BCUT2D eigenvalue weighted by atomic mass is 10.1. The molecule has 0 spiro atoms. The third-order valence-electron chi connectivity index (χ3n) is 2.52. The molecule has 0 amide bonds. The normalized spacial score (nSPS) is 10.5. The summed E-state index contributed by atoms with van der Waals surface area (Å²) >= 11 is 6.19. The van der Waals surface area contributed by atoms with E-state index in [4.69, 9.17) is 32.5 Å². The standard InChI is InChI=1S/C11H12ClN3O2/c1-16-6-3-7(17-2)11-8(9(6)12)10(14)5(13)4-15-11/h3-4H,13H2,1-2H3,(H2,14,15). The van der Waals surface area contributed by atoms with Crippen LogP contribution in [0.5, 0.6) is 11.5 Å². The van der Waals surface area contributed by atoms with E-state index in [1.807, 2.05) is 0 Å². The van der Waals surface area contributed by atoms with Gasteiger partial charge in [-0.3, -0.25) is 0 Å². The molecule has 0 aliphatic carbocycles. The van der Waals surface area contributed by atoms with Gasteiger partial charge in [-0.05, 0) is 0 Å². The summed E-state index contributed by atoms with van der Waals surface area (Å²) in [5.74, 6) is 1.00. The lowest BCUT2D eigenvalue weighted by Crippen LogP contribution is -2.00. The molecule has 0 aliphatic rings. The molecular weight excluding hydrogens is 242 g/mol. The van der Waals surface area contributed by atoms with Crippen LogP contribution < -0.4 is 20.9 Å². The molecule has 0 bridgehead atoms. The molecule has 0 saturated carbocycles. The van der Waals surface area contributed by atoms with E-state index in [1.165, 1.54) is 20.4 Å². The zero-order valence-electron chi connectivity index (χ0n) is 9.45. The third-order valence-corrected chi connectivity index (χ3v) is 2.90. The Morgan fingerprint density at radius 3 is 2.41 bits per heavy atom. The average Bonchev–Trinajstić information content (AvgIpc) is 2.34. The van der Waals surface area contributed by atoms with Crippen LogP contribution in [0.3, 0.4) is 0 Å². The van der Waals surface area contributed by atoms with Crippen molar-refractivity contribution >= 4 is 33.9 Å². The van der Waals surface area contributed by atoms with E-state index < -0.39 is 0 Å². The van der Waals surface area contributed by atoms with Gasteiger partial charge in [0.2, 0.25) is 0 Å². The molecule has 1 heterocycles. The summed E-state index contributed by atoms with van der Waals surface area (Å²) in [5.41, 5.74) is 12.9. The maximum Gasteiger partial charge on any atom is 0.148 e. The van der Waals surface area contributed by atoms with Crippen LogP contribution in [0.25, 0.3) is 10.9 Å². The number of halogens is 1. The molecule has 4 N–H and O–H groups in total. The van der Waals surface area contributed by atoms with Crippen LogP contribution in [0.4, 0.5) is 11.4 Å². The molecule has 17 heavy (non-hydrogen) atoms. The summed E-state index contributed by atoms with van der Waals surface area (Å²) in [6.45, 7) is 0. The fraction of sp³-hybridized carbons (Fsp3) is 0.182. The van der Waals surface area contributed by atoms with Crippen LogP contribution in [-0.2, 0) is 0 Å². The number of nitrogens with zero attached hydrogens (tertiary/aromatic N) is 1. The Balaban J connectivity index is 2.95. The Kier molecular flexibility index (Phi) is 2.85. The molecule has 1 aromatic carbocycles. The summed E-state index contributed by atoms with van der Waals surface area (Å²) in [5, 5.41) is 0.920. The molecule has 5 nitrogen and oxygen atoms in total.